The lowest BCUT2D eigenvalue weighted by Crippen LogP contribution is -1.96. The van der Waals surface area contributed by atoms with Crippen molar-refractivity contribution in [3.05, 3.63) is 30.5 Å². The Kier molecular flexibility index (Phi) is 3.28. The van der Waals surface area contributed by atoms with Gasteiger partial charge in [-0.05, 0) is 30.7 Å². The van der Waals surface area contributed by atoms with Crippen LogP contribution >= 0.6 is 0 Å². The average molecular weight is 203 g/mol. The second kappa shape index (κ2) is 4.87. The molecule has 2 heteroatoms. The molecule has 0 radical (unpaired) electrons. The van der Waals surface area contributed by atoms with Crippen LogP contribution in [0.1, 0.15) is 26.2 Å². The highest BCUT2D eigenvalue weighted by atomic mass is 16.5. The zero-order valence-corrected chi connectivity index (χ0v) is 9.12. The van der Waals surface area contributed by atoms with Crippen molar-refractivity contribution in [1.29, 1.82) is 0 Å². The van der Waals surface area contributed by atoms with Crippen molar-refractivity contribution < 1.29 is 4.74 Å². The Morgan fingerprint density at radius 2 is 2.13 bits per heavy atom. The van der Waals surface area contributed by atoms with Crippen LogP contribution in [0.15, 0.2) is 30.5 Å². The minimum absolute atomic E-state index is 0.823. The van der Waals surface area contributed by atoms with Crippen molar-refractivity contribution in [1.82, 2.24) is 4.98 Å². The number of hydrogen-bond acceptors (Lipinski definition) is 1. The molecule has 1 N–H and O–H groups in total. The summed E-state index contributed by atoms with van der Waals surface area (Å²) in [6.07, 6.45) is 5.57. The number of aromatic amines is 1. The van der Waals surface area contributed by atoms with Crippen molar-refractivity contribution in [2.45, 2.75) is 26.2 Å². The van der Waals surface area contributed by atoms with Gasteiger partial charge in [0, 0.05) is 17.1 Å². The second-order valence-corrected chi connectivity index (χ2v) is 3.78. The Morgan fingerprint density at radius 3 is 3.00 bits per heavy atom. The fourth-order valence-electron chi connectivity index (χ4n) is 1.66. The van der Waals surface area contributed by atoms with E-state index in [0.717, 1.165) is 24.3 Å². The number of fused-ring (bicyclic) bond motifs is 1. The molecule has 1 aromatic carbocycles. The van der Waals surface area contributed by atoms with Gasteiger partial charge in [0.2, 0.25) is 0 Å². The van der Waals surface area contributed by atoms with Gasteiger partial charge in [-0.2, -0.15) is 0 Å². The molecule has 0 saturated heterocycles. The summed E-state index contributed by atoms with van der Waals surface area (Å²) in [5.74, 6) is 0.971. The maximum absolute atomic E-state index is 5.67. The standard InChI is InChI=1S/C13H17NO/c1-2-3-4-9-15-12-5-6-13-11(10-12)7-8-14-13/h5-8,10,14H,2-4,9H2,1H3. The van der Waals surface area contributed by atoms with Gasteiger partial charge in [-0.1, -0.05) is 19.8 Å². The highest BCUT2D eigenvalue weighted by molar-refractivity contribution is 5.80. The molecule has 2 nitrogen and oxygen atoms in total. The van der Waals surface area contributed by atoms with Crippen molar-refractivity contribution in [2.75, 3.05) is 6.61 Å². The van der Waals surface area contributed by atoms with Gasteiger partial charge in [-0.25, -0.2) is 0 Å². The van der Waals surface area contributed by atoms with Crippen LogP contribution in [0.3, 0.4) is 0 Å². The largest absolute Gasteiger partial charge is 0.494 e. The number of ether oxygens (including phenoxy) is 1. The van der Waals surface area contributed by atoms with Gasteiger partial charge in [0.25, 0.3) is 0 Å². The van der Waals surface area contributed by atoms with E-state index in [2.05, 4.69) is 30.1 Å². The van der Waals surface area contributed by atoms with Crippen LogP contribution < -0.4 is 4.74 Å². The molecule has 80 valence electrons. The van der Waals surface area contributed by atoms with Gasteiger partial charge in [0.05, 0.1) is 6.61 Å². The maximum Gasteiger partial charge on any atom is 0.120 e. The molecule has 0 aliphatic carbocycles. The normalized spacial score (nSPS) is 10.7. The maximum atomic E-state index is 5.67. The zero-order chi connectivity index (χ0) is 10.5. The molecule has 0 atom stereocenters. The van der Waals surface area contributed by atoms with E-state index >= 15 is 0 Å². The first-order chi connectivity index (χ1) is 7.40. The third kappa shape index (κ3) is 2.52. The summed E-state index contributed by atoms with van der Waals surface area (Å²) >= 11 is 0. The zero-order valence-electron chi connectivity index (χ0n) is 9.12. The summed E-state index contributed by atoms with van der Waals surface area (Å²) in [6.45, 7) is 3.02. The highest BCUT2D eigenvalue weighted by Gasteiger charge is 1.97. The molecule has 2 rings (SSSR count). The Bertz CT molecular complexity index is 419. The van der Waals surface area contributed by atoms with Crippen LogP contribution in [0.5, 0.6) is 5.75 Å². The number of rotatable bonds is 5. The minimum atomic E-state index is 0.823. The van der Waals surface area contributed by atoms with Crippen molar-refractivity contribution in [3.63, 3.8) is 0 Å². The predicted molar refractivity (Wildman–Crippen MR) is 63.3 cm³/mol. The van der Waals surface area contributed by atoms with Crippen LogP contribution in [0.2, 0.25) is 0 Å². The van der Waals surface area contributed by atoms with Crippen LogP contribution in [0.25, 0.3) is 10.9 Å². The van der Waals surface area contributed by atoms with Crippen LogP contribution in [-0.2, 0) is 0 Å². The first-order valence-electron chi connectivity index (χ1n) is 5.60. The Morgan fingerprint density at radius 1 is 1.20 bits per heavy atom. The number of benzene rings is 1. The fraction of sp³-hybridized carbons (Fsp3) is 0.385. The second-order valence-electron chi connectivity index (χ2n) is 3.78. The summed E-state index contributed by atoms with van der Waals surface area (Å²) < 4.78 is 5.67. The van der Waals surface area contributed by atoms with Gasteiger partial charge in [0.1, 0.15) is 5.75 Å². The summed E-state index contributed by atoms with van der Waals surface area (Å²) in [6, 6.07) is 8.22. The van der Waals surface area contributed by atoms with Crippen LogP contribution in [-0.4, -0.2) is 11.6 Å². The molecule has 0 spiro atoms. The molecule has 1 aromatic heterocycles. The van der Waals surface area contributed by atoms with E-state index in [0.29, 0.717) is 0 Å². The lowest BCUT2D eigenvalue weighted by atomic mass is 10.2. The van der Waals surface area contributed by atoms with Gasteiger partial charge in [-0.3, -0.25) is 0 Å². The molecule has 1 heterocycles. The van der Waals surface area contributed by atoms with E-state index in [4.69, 9.17) is 4.74 Å². The summed E-state index contributed by atoms with van der Waals surface area (Å²) in [5, 5.41) is 1.21. The van der Waals surface area contributed by atoms with E-state index in [9.17, 15) is 0 Å². The monoisotopic (exact) mass is 203 g/mol. The summed E-state index contributed by atoms with van der Waals surface area (Å²) in [5.41, 5.74) is 1.16. The SMILES string of the molecule is CCCCCOc1ccc2[nH]ccc2c1. The molecule has 0 bridgehead atoms. The first kappa shape index (κ1) is 10.1. The molecule has 0 unspecified atom stereocenters. The molecular weight excluding hydrogens is 186 g/mol. The van der Waals surface area contributed by atoms with Crippen molar-refractivity contribution in [2.24, 2.45) is 0 Å². The number of nitrogens with one attached hydrogen (secondary N) is 1. The highest BCUT2D eigenvalue weighted by Crippen LogP contribution is 2.19. The minimum Gasteiger partial charge on any atom is -0.494 e. The molecule has 0 fully saturated rings. The molecule has 0 aliphatic rings. The summed E-state index contributed by atoms with van der Waals surface area (Å²) in [4.78, 5) is 3.17. The van der Waals surface area contributed by atoms with E-state index in [-0.39, 0.29) is 0 Å². The molecule has 0 amide bonds. The van der Waals surface area contributed by atoms with Crippen LogP contribution in [0, 0.1) is 0 Å². The van der Waals surface area contributed by atoms with Crippen LogP contribution in [0.4, 0.5) is 0 Å². The number of aromatic nitrogens is 1. The molecule has 15 heavy (non-hydrogen) atoms. The number of H-pyrrole nitrogens is 1. The molecular formula is C13H17NO. The lowest BCUT2D eigenvalue weighted by molar-refractivity contribution is 0.306. The molecule has 0 aliphatic heterocycles. The Hall–Kier alpha value is -1.44. The topological polar surface area (TPSA) is 25.0 Å². The van der Waals surface area contributed by atoms with Gasteiger partial charge in [-0.15, -0.1) is 0 Å². The van der Waals surface area contributed by atoms with Crippen molar-refractivity contribution in [3.8, 4) is 5.75 Å². The molecule has 2 aromatic rings. The third-order valence-corrected chi connectivity index (χ3v) is 2.54. The van der Waals surface area contributed by atoms with E-state index in [1.54, 1.807) is 0 Å². The average Bonchev–Trinajstić information content (AvgIpc) is 2.71. The molecule has 0 saturated carbocycles. The van der Waals surface area contributed by atoms with Crippen molar-refractivity contribution >= 4 is 10.9 Å². The van der Waals surface area contributed by atoms with E-state index in [1.165, 1.54) is 18.2 Å². The van der Waals surface area contributed by atoms with Gasteiger partial charge in [0.15, 0.2) is 0 Å². The van der Waals surface area contributed by atoms with Gasteiger partial charge >= 0.3 is 0 Å². The smallest absolute Gasteiger partial charge is 0.120 e. The number of hydrogen-bond donors (Lipinski definition) is 1. The summed E-state index contributed by atoms with van der Waals surface area (Å²) in [7, 11) is 0. The third-order valence-electron chi connectivity index (χ3n) is 2.54. The van der Waals surface area contributed by atoms with E-state index < -0.39 is 0 Å². The van der Waals surface area contributed by atoms with Gasteiger partial charge < -0.3 is 9.72 Å². The fourth-order valence-corrected chi connectivity index (χ4v) is 1.66. The van der Waals surface area contributed by atoms with E-state index in [1.807, 2.05) is 12.3 Å². The lowest BCUT2D eigenvalue weighted by Gasteiger charge is -2.05. The predicted octanol–water partition coefficient (Wildman–Crippen LogP) is 3.74. The quantitative estimate of drug-likeness (QED) is 0.736. The Labute approximate surface area is 90.3 Å². The number of unbranched alkanes of at least 4 members (excludes halogenated alkanes) is 2. The Balaban J connectivity index is 1.96. The first-order valence-corrected chi connectivity index (χ1v) is 5.60.